The number of aryl methyl sites for hydroxylation is 1. The van der Waals surface area contributed by atoms with E-state index < -0.39 is 0 Å². The molecule has 0 spiro atoms. The van der Waals surface area contributed by atoms with Crippen LogP contribution in [0, 0.1) is 5.82 Å². The minimum Gasteiger partial charge on any atom is -0.378 e. The predicted molar refractivity (Wildman–Crippen MR) is 66.6 cm³/mol. The van der Waals surface area contributed by atoms with Gasteiger partial charge in [0.05, 0.1) is 29.3 Å². The predicted octanol–water partition coefficient (Wildman–Crippen LogP) is 3.31. The third-order valence-electron chi connectivity index (χ3n) is 2.53. The van der Waals surface area contributed by atoms with E-state index in [2.05, 4.69) is 10.3 Å². The lowest BCUT2D eigenvalue weighted by molar-refractivity contribution is 0.628. The molecule has 0 bridgehead atoms. The average Bonchev–Trinajstić information content (AvgIpc) is 2.77. The second kappa shape index (κ2) is 5.19. The maximum absolute atomic E-state index is 13.0. The van der Waals surface area contributed by atoms with Crippen molar-refractivity contribution in [1.82, 2.24) is 9.55 Å². The van der Waals surface area contributed by atoms with Crippen LogP contribution in [0.15, 0.2) is 30.7 Å². The Labute approximate surface area is 104 Å². The standard InChI is InChI=1S/C12H13ClFN3/c1-2-17-8-15-6-10(17)7-16-12-5-9(14)3-4-11(12)13/h3-6,8,16H,2,7H2,1H3. The Morgan fingerprint density at radius 1 is 1.47 bits per heavy atom. The molecule has 17 heavy (non-hydrogen) atoms. The van der Waals surface area contributed by atoms with Crippen molar-refractivity contribution in [3.05, 3.63) is 47.3 Å². The highest BCUT2D eigenvalue weighted by molar-refractivity contribution is 6.33. The van der Waals surface area contributed by atoms with Crippen molar-refractivity contribution in [2.75, 3.05) is 5.32 Å². The van der Waals surface area contributed by atoms with Crippen LogP contribution < -0.4 is 5.32 Å². The second-order valence-corrected chi connectivity index (χ2v) is 4.06. The summed E-state index contributed by atoms with van der Waals surface area (Å²) in [5.41, 5.74) is 1.63. The number of halogens is 2. The van der Waals surface area contributed by atoms with Crippen LogP contribution in [0.4, 0.5) is 10.1 Å². The Kier molecular flexibility index (Phi) is 3.64. The molecule has 0 fully saturated rings. The van der Waals surface area contributed by atoms with E-state index in [9.17, 15) is 4.39 Å². The lowest BCUT2D eigenvalue weighted by Gasteiger charge is -2.09. The highest BCUT2D eigenvalue weighted by Gasteiger charge is 2.04. The summed E-state index contributed by atoms with van der Waals surface area (Å²) < 4.78 is 15.1. The smallest absolute Gasteiger partial charge is 0.125 e. The third-order valence-corrected chi connectivity index (χ3v) is 2.86. The molecule has 0 atom stereocenters. The number of nitrogens with one attached hydrogen (secondary N) is 1. The molecule has 1 aromatic carbocycles. The minimum atomic E-state index is -0.305. The van der Waals surface area contributed by atoms with Crippen molar-refractivity contribution in [2.24, 2.45) is 0 Å². The Morgan fingerprint density at radius 2 is 2.29 bits per heavy atom. The molecule has 5 heteroatoms. The van der Waals surface area contributed by atoms with Crippen LogP contribution in [-0.2, 0) is 13.1 Å². The highest BCUT2D eigenvalue weighted by Crippen LogP contribution is 2.22. The van der Waals surface area contributed by atoms with Crippen LogP contribution >= 0.6 is 11.6 Å². The van der Waals surface area contributed by atoms with Crippen LogP contribution in [0.3, 0.4) is 0 Å². The molecular formula is C12H13ClFN3. The molecule has 0 saturated heterocycles. The summed E-state index contributed by atoms with van der Waals surface area (Å²) in [6, 6.07) is 4.26. The van der Waals surface area contributed by atoms with E-state index in [0.29, 0.717) is 17.3 Å². The fourth-order valence-electron chi connectivity index (χ4n) is 1.60. The van der Waals surface area contributed by atoms with Gasteiger partial charge in [-0.1, -0.05) is 11.6 Å². The van der Waals surface area contributed by atoms with E-state index in [-0.39, 0.29) is 5.82 Å². The zero-order valence-corrected chi connectivity index (χ0v) is 10.2. The molecule has 0 aliphatic rings. The van der Waals surface area contributed by atoms with Gasteiger partial charge in [-0.25, -0.2) is 9.37 Å². The van der Waals surface area contributed by atoms with Gasteiger partial charge in [0.15, 0.2) is 0 Å². The zero-order valence-electron chi connectivity index (χ0n) is 9.45. The molecular weight excluding hydrogens is 241 g/mol. The number of hydrogen-bond donors (Lipinski definition) is 1. The van der Waals surface area contributed by atoms with Gasteiger partial charge in [0.25, 0.3) is 0 Å². The van der Waals surface area contributed by atoms with Crippen LogP contribution in [0.25, 0.3) is 0 Å². The van der Waals surface area contributed by atoms with Crippen molar-refractivity contribution < 1.29 is 4.39 Å². The van der Waals surface area contributed by atoms with Gasteiger partial charge in [0.1, 0.15) is 5.82 Å². The van der Waals surface area contributed by atoms with E-state index in [0.717, 1.165) is 12.2 Å². The quantitative estimate of drug-likeness (QED) is 0.906. The van der Waals surface area contributed by atoms with Gasteiger partial charge >= 0.3 is 0 Å². The molecule has 3 nitrogen and oxygen atoms in total. The largest absolute Gasteiger partial charge is 0.378 e. The number of rotatable bonds is 4. The molecule has 0 unspecified atom stereocenters. The first-order valence-corrected chi connectivity index (χ1v) is 5.76. The van der Waals surface area contributed by atoms with Crippen molar-refractivity contribution >= 4 is 17.3 Å². The normalized spacial score (nSPS) is 10.5. The molecule has 0 saturated carbocycles. The average molecular weight is 254 g/mol. The number of aromatic nitrogens is 2. The summed E-state index contributed by atoms with van der Waals surface area (Å²) in [5, 5.41) is 3.61. The molecule has 0 aliphatic carbocycles. The Morgan fingerprint density at radius 3 is 3.06 bits per heavy atom. The Hall–Kier alpha value is -1.55. The van der Waals surface area contributed by atoms with Crippen LogP contribution in [0.1, 0.15) is 12.6 Å². The van der Waals surface area contributed by atoms with E-state index in [4.69, 9.17) is 11.6 Å². The van der Waals surface area contributed by atoms with Crippen LogP contribution in [0.2, 0.25) is 5.02 Å². The van der Waals surface area contributed by atoms with Crippen molar-refractivity contribution in [1.29, 1.82) is 0 Å². The summed E-state index contributed by atoms with van der Waals surface area (Å²) >= 11 is 5.96. The molecule has 0 amide bonds. The van der Waals surface area contributed by atoms with Crippen LogP contribution in [-0.4, -0.2) is 9.55 Å². The van der Waals surface area contributed by atoms with Gasteiger partial charge in [-0.05, 0) is 25.1 Å². The summed E-state index contributed by atoms with van der Waals surface area (Å²) in [7, 11) is 0. The highest BCUT2D eigenvalue weighted by atomic mass is 35.5. The Bertz CT molecular complexity index is 510. The van der Waals surface area contributed by atoms with E-state index in [1.807, 2.05) is 11.5 Å². The Balaban J connectivity index is 2.09. The van der Waals surface area contributed by atoms with Gasteiger partial charge in [-0.2, -0.15) is 0 Å². The first-order chi connectivity index (χ1) is 8.20. The molecule has 2 rings (SSSR count). The number of anilines is 1. The topological polar surface area (TPSA) is 29.9 Å². The van der Waals surface area contributed by atoms with Crippen molar-refractivity contribution in [2.45, 2.75) is 20.0 Å². The fraction of sp³-hybridized carbons (Fsp3) is 0.250. The third kappa shape index (κ3) is 2.77. The van der Waals surface area contributed by atoms with E-state index in [1.165, 1.54) is 18.2 Å². The lowest BCUT2D eigenvalue weighted by Crippen LogP contribution is -2.06. The monoisotopic (exact) mass is 253 g/mol. The molecule has 1 aromatic heterocycles. The lowest BCUT2D eigenvalue weighted by atomic mass is 10.3. The number of hydrogen-bond acceptors (Lipinski definition) is 2. The minimum absolute atomic E-state index is 0.305. The number of imidazole rings is 1. The summed E-state index contributed by atoms with van der Waals surface area (Å²) in [4.78, 5) is 4.06. The summed E-state index contributed by atoms with van der Waals surface area (Å²) in [6.45, 7) is 3.46. The van der Waals surface area contributed by atoms with Gasteiger partial charge < -0.3 is 9.88 Å². The van der Waals surface area contributed by atoms with Gasteiger partial charge in [0.2, 0.25) is 0 Å². The van der Waals surface area contributed by atoms with Gasteiger partial charge in [-0.3, -0.25) is 0 Å². The van der Waals surface area contributed by atoms with Gasteiger partial charge in [-0.15, -0.1) is 0 Å². The zero-order chi connectivity index (χ0) is 12.3. The van der Waals surface area contributed by atoms with E-state index >= 15 is 0 Å². The first kappa shape index (κ1) is 11.9. The maximum atomic E-state index is 13.0. The summed E-state index contributed by atoms with van der Waals surface area (Å²) in [6.07, 6.45) is 3.55. The van der Waals surface area contributed by atoms with Crippen LogP contribution in [0.5, 0.6) is 0 Å². The van der Waals surface area contributed by atoms with Gasteiger partial charge in [0, 0.05) is 12.7 Å². The molecule has 90 valence electrons. The van der Waals surface area contributed by atoms with Crippen molar-refractivity contribution in [3.63, 3.8) is 0 Å². The van der Waals surface area contributed by atoms with E-state index in [1.54, 1.807) is 12.5 Å². The molecule has 0 aliphatic heterocycles. The number of benzene rings is 1. The molecule has 1 N–H and O–H groups in total. The number of nitrogens with zero attached hydrogens (tertiary/aromatic N) is 2. The molecule has 1 heterocycles. The fourth-order valence-corrected chi connectivity index (χ4v) is 1.78. The summed E-state index contributed by atoms with van der Waals surface area (Å²) in [5.74, 6) is -0.305. The maximum Gasteiger partial charge on any atom is 0.125 e. The molecule has 2 aromatic rings. The second-order valence-electron chi connectivity index (χ2n) is 3.65. The van der Waals surface area contributed by atoms with Crippen molar-refractivity contribution in [3.8, 4) is 0 Å². The molecule has 0 radical (unpaired) electrons. The first-order valence-electron chi connectivity index (χ1n) is 5.38. The SMILES string of the molecule is CCn1cncc1CNc1cc(F)ccc1Cl.